The van der Waals surface area contributed by atoms with E-state index in [4.69, 9.17) is 23.7 Å². The quantitative estimate of drug-likeness (QED) is 0.403. The van der Waals surface area contributed by atoms with Gasteiger partial charge in [-0.3, -0.25) is 0 Å². The van der Waals surface area contributed by atoms with E-state index in [1.807, 2.05) is 0 Å². The molecule has 3 rings (SSSR count). The summed E-state index contributed by atoms with van der Waals surface area (Å²) in [7, 11) is 5.96. The Kier molecular flexibility index (Phi) is 6.25. The summed E-state index contributed by atoms with van der Waals surface area (Å²) >= 11 is 0. The molecule has 0 aromatic heterocycles. The summed E-state index contributed by atoms with van der Waals surface area (Å²) < 4.78 is 26.4. The van der Waals surface area contributed by atoms with Gasteiger partial charge in [-0.25, -0.2) is 4.79 Å². The lowest BCUT2D eigenvalue weighted by molar-refractivity contribution is -0.135. The Balaban J connectivity index is 1.96. The maximum absolute atomic E-state index is 12.4. The maximum Gasteiger partial charge on any atom is 0.334 e. The molecule has 1 atom stereocenters. The molecule has 1 heterocycles. The fourth-order valence-corrected chi connectivity index (χ4v) is 3.43. The third-order valence-electron chi connectivity index (χ3n) is 4.92. The first kappa shape index (κ1) is 21.2. The summed E-state index contributed by atoms with van der Waals surface area (Å²) in [5.41, 5.74) is 1.87. The Morgan fingerprint density at radius 2 is 1.60 bits per heavy atom. The van der Waals surface area contributed by atoms with Crippen LogP contribution in [-0.4, -0.2) is 51.2 Å². The highest BCUT2D eigenvalue weighted by molar-refractivity contribution is 5.96. The van der Waals surface area contributed by atoms with Gasteiger partial charge in [-0.2, -0.15) is 0 Å². The van der Waals surface area contributed by atoms with Crippen LogP contribution in [0.5, 0.6) is 34.5 Å². The van der Waals surface area contributed by atoms with Gasteiger partial charge in [0, 0.05) is 11.5 Å². The van der Waals surface area contributed by atoms with Crippen LogP contribution in [0.4, 0.5) is 0 Å². The van der Waals surface area contributed by atoms with Crippen molar-refractivity contribution in [2.24, 2.45) is 5.92 Å². The molecule has 2 aromatic carbocycles. The zero-order chi connectivity index (χ0) is 21.8. The molecule has 30 heavy (non-hydrogen) atoms. The predicted octanol–water partition coefficient (Wildman–Crippen LogP) is 2.93. The number of hydrogen-bond donors (Lipinski definition) is 2. The molecule has 0 radical (unpaired) electrons. The van der Waals surface area contributed by atoms with Gasteiger partial charge in [0.1, 0.15) is 0 Å². The minimum atomic E-state index is -0.413. The maximum atomic E-state index is 12.4. The molecule has 1 aliphatic heterocycles. The van der Waals surface area contributed by atoms with Crippen molar-refractivity contribution in [3.8, 4) is 34.5 Å². The molecule has 8 nitrogen and oxygen atoms in total. The molecule has 1 saturated heterocycles. The molecule has 0 saturated carbocycles. The van der Waals surface area contributed by atoms with Crippen LogP contribution in [0.2, 0.25) is 0 Å². The van der Waals surface area contributed by atoms with Crippen molar-refractivity contribution in [3.63, 3.8) is 0 Å². The second-order valence-corrected chi connectivity index (χ2v) is 6.72. The number of ether oxygens (including phenoxy) is 5. The number of hydrogen-bond acceptors (Lipinski definition) is 8. The van der Waals surface area contributed by atoms with E-state index in [-0.39, 0.29) is 29.8 Å². The lowest BCUT2D eigenvalue weighted by Crippen LogP contribution is -2.08. The van der Waals surface area contributed by atoms with Crippen molar-refractivity contribution in [1.29, 1.82) is 0 Å². The van der Waals surface area contributed by atoms with Crippen molar-refractivity contribution in [3.05, 3.63) is 41.0 Å². The van der Waals surface area contributed by atoms with Gasteiger partial charge in [-0.15, -0.1) is 0 Å². The van der Waals surface area contributed by atoms with E-state index in [0.29, 0.717) is 40.4 Å². The highest BCUT2D eigenvalue weighted by atomic mass is 16.5. The molecular formula is C22H24O8. The van der Waals surface area contributed by atoms with E-state index in [1.165, 1.54) is 34.5 Å². The molecule has 0 spiro atoms. The van der Waals surface area contributed by atoms with E-state index < -0.39 is 5.97 Å². The molecule has 8 heteroatoms. The highest BCUT2D eigenvalue weighted by Crippen LogP contribution is 2.40. The van der Waals surface area contributed by atoms with Gasteiger partial charge in [0.2, 0.25) is 11.5 Å². The standard InChI is InChI=1S/C22H24O8/c1-26-17-8-12(7-16(23)20(17)24)5-14-11-30-22(25)15(14)6-13-9-18(27-2)21(29-4)19(10-13)28-3/h6-10,14,23-24H,5,11H2,1-4H3/b15-6+/t14-/m1/s1. The lowest BCUT2D eigenvalue weighted by Gasteiger charge is -2.14. The molecule has 0 aliphatic carbocycles. The number of benzene rings is 2. The highest BCUT2D eigenvalue weighted by Gasteiger charge is 2.31. The molecule has 0 bridgehead atoms. The van der Waals surface area contributed by atoms with E-state index in [0.717, 1.165) is 0 Å². The van der Waals surface area contributed by atoms with Gasteiger partial charge in [-0.1, -0.05) is 0 Å². The van der Waals surface area contributed by atoms with E-state index >= 15 is 0 Å². The Morgan fingerprint density at radius 1 is 0.967 bits per heavy atom. The van der Waals surface area contributed by atoms with Crippen LogP contribution in [0.15, 0.2) is 29.8 Å². The van der Waals surface area contributed by atoms with Crippen LogP contribution in [0.3, 0.4) is 0 Å². The summed E-state index contributed by atoms with van der Waals surface area (Å²) in [6.07, 6.45) is 2.13. The Labute approximate surface area is 174 Å². The molecule has 0 amide bonds. The Bertz CT molecular complexity index is 954. The Morgan fingerprint density at radius 3 is 2.17 bits per heavy atom. The number of carbonyl (C=O) groups excluding carboxylic acids is 1. The monoisotopic (exact) mass is 416 g/mol. The van der Waals surface area contributed by atoms with Crippen LogP contribution in [0, 0.1) is 5.92 Å². The predicted molar refractivity (Wildman–Crippen MR) is 109 cm³/mol. The zero-order valence-corrected chi connectivity index (χ0v) is 17.2. The first-order valence-corrected chi connectivity index (χ1v) is 9.19. The molecule has 2 N–H and O–H groups in total. The van der Waals surface area contributed by atoms with Crippen LogP contribution in [0.1, 0.15) is 11.1 Å². The van der Waals surface area contributed by atoms with Crippen LogP contribution in [0.25, 0.3) is 6.08 Å². The summed E-state index contributed by atoms with van der Waals surface area (Å²) in [6, 6.07) is 6.55. The van der Waals surface area contributed by atoms with E-state index in [2.05, 4.69) is 0 Å². The third-order valence-corrected chi connectivity index (χ3v) is 4.92. The molecule has 0 unspecified atom stereocenters. The van der Waals surface area contributed by atoms with Crippen LogP contribution in [-0.2, 0) is 16.0 Å². The first-order valence-electron chi connectivity index (χ1n) is 9.19. The molecule has 1 aliphatic rings. The first-order chi connectivity index (χ1) is 14.4. The summed E-state index contributed by atoms with van der Waals surface area (Å²) in [5, 5.41) is 19.7. The minimum absolute atomic E-state index is 0.158. The van der Waals surface area contributed by atoms with Crippen molar-refractivity contribution < 1.29 is 38.7 Å². The van der Waals surface area contributed by atoms with Crippen LogP contribution >= 0.6 is 0 Å². The fourth-order valence-electron chi connectivity index (χ4n) is 3.43. The van der Waals surface area contributed by atoms with Crippen molar-refractivity contribution >= 4 is 12.0 Å². The van der Waals surface area contributed by atoms with Crippen LogP contribution < -0.4 is 18.9 Å². The van der Waals surface area contributed by atoms with Crippen molar-refractivity contribution in [2.45, 2.75) is 6.42 Å². The third kappa shape index (κ3) is 4.07. The minimum Gasteiger partial charge on any atom is -0.504 e. The number of carbonyl (C=O) groups is 1. The molecular weight excluding hydrogens is 392 g/mol. The van der Waals surface area contributed by atoms with E-state index in [9.17, 15) is 15.0 Å². The number of aromatic hydroxyl groups is 2. The largest absolute Gasteiger partial charge is 0.504 e. The van der Waals surface area contributed by atoms with Gasteiger partial charge < -0.3 is 33.9 Å². The van der Waals surface area contributed by atoms with E-state index in [1.54, 1.807) is 24.3 Å². The van der Waals surface area contributed by atoms with Gasteiger partial charge in [0.25, 0.3) is 0 Å². The average molecular weight is 416 g/mol. The molecule has 2 aromatic rings. The van der Waals surface area contributed by atoms with Gasteiger partial charge >= 0.3 is 5.97 Å². The van der Waals surface area contributed by atoms with Gasteiger partial charge in [0.15, 0.2) is 23.0 Å². The lowest BCUT2D eigenvalue weighted by atomic mass is 9.92. The summed E-state index contributed by atoms with van der Waals surface area (Å²) in [6.45, 7) is 0.207. The number of esters is 1. The number of phenolic OH excluding ortho intramolecular Hbond substituents is 2. The summed E-state index contributed by atoms with van der Waals surface area (Å²) in [4.78, 5) is 12.4. The normalized spacial score (nSPS) is 17.0. The SMILES string of the molecule is COc1cc(C[C@@H]2COC(=O)/C2=C/c2cc(OC)c(OC)c(OC)c2)cc(O)c1O. The Hall–Kier alpha value is -3.55. The van der Waals surface area contributed by atoms with Gasteiger partial charge in [-0.05, 0) is 47.9 Å². The molecule has 160 valence electrons. The van der Waals surface area contributed by atoms with Crippen molar-refractivity contribution in [1.82, 2.24) is 0 Å². The average Bonchev–Trinajstić information content (AvgIpc) is 3.08. The number of phenols is 2. The second-order valence-electron chi connectivity index (χ2n) is 6.72. The zero-order valence-electron chi connectivity index (χ0n) is 17.2. The van der Waals surface area contributed by atoms with Gasteiger partial charge in [0.05, 0.1) is 35.0 Å². The van der Waals surface area contributed by atoms with Crippen molar-refractivity contribution in [2.75, 3.05) is 35.0 Å². The smallest absolute Gasteiger partial charge is 0.334 e. The summed E-state index contributed by atoms with van der Waals surface area (Å²) in [5.74, 6) is 0.288. The number of methoxy groups -OCH3 is 4. The number of rotatable bonds is 7. The molecule has 1 fully saturated rings. The fraction of sp³-hybridized carbons (Fsp3) is 0.318. The second kappa shape index (κ2) is 8.86. The topological polar surface area (TPSA) is 104 Å². The number of cyclic esters (lactones) is 1.